The fourth-order valence-electron chi connectivity index (χ4n) is 2.36. The molecule has 0 aliphatic carbocycles. The van der Waals surface area contributed by atoms with Crippen LogP contribution in [0, 0.1) is 5.92 Å². The minimum Gasteiger partial charge on any atom is -0.339 e. The molecule has 1 saturated heterocycles. The Morgan fingerprint density at radius 2 is 2.26 bits per heavy atom. The Balaban J connectivity index is 2.09. The summed E-state index contributed by atoms with van der Waals surface area (Å²) >= 11 is 6.13. The molecule has 1 heterocycles. The smallest absolute Gasteiger partial charge is 0.246 e. The molecule has 1 aromatic rings. The maximum absolute atomic E-state index is 12.2. The van der Waals surface area contributed by atoms with Crippen molar-refractivity contribution in [2.45, 2.75) is 13.3 Å². The van der Waals surface area contributed by atoms with Crippen LogP contribution in [0.15, 0.2) is 30.3 Å². The third-order valence-corrected chi connectivity index (χ3v) is 3.90. The molecule has 19 heavy (non-hydrogen) atoms. The molecule has 2 N–H and O–H groups in total. The maximum atomic E-state index is 12.2. The van der Waals surface area contributed by atoms with Gasteiger partial charge in [-0.25, -0.2) is 0 Å². The van der Waals surface area contributed by atoms with Crippen LogP contribution in [0.4, 0.5) is 0 Å². The van der Waals surface area contributed by atoms with Gasteiger partial charge in [-0.3, -0.25) is 4.79 Å². The number of nitrogens with two attached hydrogens (primary N) is 1. The van der Waals surface area contributed by atoms with Crippen molar-refractivity contribution >= 4 is 23.1 Å². The lowest BCUT2D eigenvalue weighted by Gasteiger charge is -2.14. The van der Waals surface area contributed by atoms with Crippen molar-refractivity contribution in [1.82, 2.24) is 4.90 Å². The highest BCUT2D eigenvalue weighted by Gasteiger charge is 2.24. The van der Waals surface area contributed by atoms with Crippen molar-refractivity contribution in [1.29, 1.82) is 0 Å². The number of nitrogens with zero attached hydrogens (tertiary/aromatic N) is 1. The molecule has 1 amide bonds. The highest BCUT2D eigenvalue weighted by atomic mass is 35.5. The van der Waals surface area contributed by atoms with Crippen LogP contribution in [-0.2, 0) is 4.79 Å². The van der Waals surface area contributed by atoms with Crippen molar-refractivity contribution in [2.75, 3.05) is 19.6 Å². The zero-order valence-electron chi connectivity index (χ0n) is 11.1. The Kier molecular flexibility index (Phi) is 4.61. The molecule has 0 aromatic heterocycles. The lowest BCUT2D eigenvalue weighted by molar-refractivity contribution is -0.125. The second-order valence-electron chi connectivity index (χ2n) is 4.98. The molecule has 3 nitrogen and oxygen atoms in total. The minimum atomic E-state index is 0.0494. The van der Waals surface area contributed by atoms with Gasteiger partial charge in [-0.1, -0.05) is 29.8 Å². The van der Waals surface area contributed by atoms with Crippen LogP contribution < -0.4 is 5.73 Å². The van der Waals surface area contributed by atoms with Crippen molar-refractivity contribution in [3.63, 3.8) is 0 Å². The molecule has 1 aliphatic rings. The van der Waals surface area contributed by atoms with Gasteiger partial charge in [0.15, 0.2) is 0 Å². The van der Waals surface area contributed by atoms with Crippen molar-refractivity contribution in [2.24, 2.45) is 11.7 Å². The first-order chi connectivity index (χ1) is 9.11. The van der Waals surface area contributed by atoms with Gasteiger partial charge < -0.3 is 10.6 Å². The lowest BCUT2D eigenvalue weighted by atomic mass is 10.1. The van der Waals surface area contributed by atoms with E-state index in [9.17, 15) is 4.79 Å². The van der Waals surface area contributed by atoms with E-state index in [0.29, 0.717) is 17.5 Å². The lowest BCUT2D eigenvalue weighted by Crippen LogP contribution is -2.28. The van der Waals surface area contributed by atoms with Crippen LogP contribution in [0.2, 0.25) is 5.02 Å². The van der Waals surface area contributed by atoms with Gasteiger partial charge in [0.05, 0.1) is 0 Å². The van der Waals surface area contributed by atoms with E-state index in [4.69, 9.17) is 17.3 Å². The summed E-state index contributed by atoms with van der Waals surface area (Å²) in [5.74, 6) is 0.492. The van der Waals surface area contributed by atoms with Gasteiger partial charge in [0.1, 0.15) is 0 Å². The van der Waals surface area contributed by atoms with Crippen molar-refractivity contribution in [3.05, 3.63) is 40.9 Å². The van der Waals surface area contributed by atoms with E-state index < -0.39 is 0 Å². The number of carbonyl (C=O) groups excluding carboxylic acids is 1. The number of hydrogen-bond acceptors (Lipinski definition) is 2. The number of benzene rings is 1. The Morgan fingerprint density at radius 3 is 2.89 bits per heavy atom. The second-order valence-corrected chi connectivity index (χ2v) is 5.39. The topological polar surface area (TPSA) is 46.3 Å². The number of likely N-dealkylation sites (tertiary alicyclic amines) is 1. The fraction of sp³-hybridized carbons (Fsp3) is 0.400. The SMILES string of the molecule is C/C(=C\C(=O)N1CCC(CN)C1)c1ccccc1Cl. The molecule has 102 valence electrons. The molecule has 0 bridgehead atoms. The van der Waals surface area contributed by atoms with E-state index in [1.165, 1.54) is 0 Å². The van der Waals surface area contributed by atoms with Crippen LogP contribution in [0.25, 0.3) is 5.57 Å². The maximum Gasteiger partial charge on any atom is 0.246 e. The highest BCUT2D eigenvalue weighted by molar-refractivity contribution is 6.32. The third kappa shape index (κ3) is 3.37. The van der Waals surface area contributed by atoms with Gasteiger partial charge in [0.25, 0.3) is 0 Å². The van der Waals surface area contributed by atoms with Crippen molar-refractivity contribution in [3.8, 4) is 0 Å². The summed E-state index contributed by atoms with van der Waals surface area (Å²) in [5.41, 5.74) is 7.44. The predicted molar refractivity (Wildman–Crippen MR) is 78.8 cm³/mol. The largest absolute Gasteiger partial charge is 0.339 e. The molecule has 0 radical (unpaired) electrons. The number of amides is 1. The number of allylic oxidation sites excluding steroid dienone is 1. The van der Waals surface area contributed by atoms with Crippen LogP contribution in [0.1, 0.15) is 18.9 Å². The van der Waals surface area contributed by atoms with Gasteiger partial charge >= 0.3 is 0 Å². The van der Waals surface area contributed by atoms with Crippen LogP contribution >= 0.6 is 11.6 Å². The molecule has 1 aliphatic heterocycles. The van der Waals surface area contributed by atoms with Crippen LogP contribution in [0.3, 0.4) is 0 Å². The summed E-state index contributed by atoms with van der Waals surface area (Å²) in [6, 6.07) is 7.56. The fourth-order valence-corrected chi connectivity index (χ4v) is 2.65. The van der Waals surface area contributed by atoms with Gasteiger partial charge in [-0.05, 0) is 43.0 Å². The predicted octanol–water partition coefficient (Wildman–Crippen LogP) is 2.55. The summed E-state index contributed by atoms with van der Waals surface area (Å²) in [5, 5.41) is 0.672. The molecule has 4 heteroatoms. The summed E-state index contributed by atoms with van der Waals surface area (Å²) in [7, 11) is 0. The molecule has 2 rings (SSSR count). The molecule has 1 aromatic carbocycles. The molecule has 0 saturated carbocycles. The standard InChI is InChI=1S/C15H19ClN2O/c1-11(13-4-2-3-5-14(13)16)8-15(19)18-7-6-12(9-17)10-18/h2-5,8,12H,6-7,9-10,17H2,1H3/b11-8+. The molecule has 0 spiro atoms. The molecular weight excluding hydrogens is 260 g/mol. The Hall–Kier alpha value is -1.32. The molecule has 1 unspecified atom stereocenters. The summed E-state index contributed by atoms with van der Waals surface area (Å²) in [6.45, 7) is 4.13. The normalized spacial score (nSPS) is 19.8. The average molecular weight is 279 g/mol. The van der Waals surface area contributed by atoms with E-state index in [-0.39, 0.29) is 5.91 Å². The second kappa shape index (κ2) is 6.22. The summed E-state index contributed by atoms with van der Waals surface area (Å²) in [4.78, 5) is 14.0. The first-order valence-electron chi connectivity index (χ1n) is 6.54. The number of halogens is 1. The quantitative estimate of drug-likeness (QED) is 0.864. The minimum absolute atomic E-state index is 0.0494. The van der Waals surface area contributed by atoms with Gasteiger partial charge in [0.2, 0.25) is 5.91 Å². The van der Waals surface area contributed by atoms with Crippen LogP contribution in [0.5, 0.6) is 0 Å². The number of carbonyl (C=O) groups is 1. The summed E-state index contributed by atoms with van der Waals surface area (Å²) in [6.07, 6.45) is 2.67. The zero-order chi connectivity index (χ0) is 13.8. The number of rotatable bonds is 3. The van der Waals surface area contributed by atoms with Gasteiger partial charge in [-0.15, -0.1) is 0 Å². The molecular formula is C15H19ClN2O. The van der Waals surface area contributed by atoms with Gasteiger partial charge in [0, 0.05) is 24.2 Å². The Labute approximate surface area is 119 Å². The monoisotopic (exact) mass is 278 g/mol. The van der Waals surface area contributed by atoms with E-state index in [2.05, 4.69) is 0 Å². The van der Waals surface area contributed by atoms with E-state index in [1.54, 1.807) is 6.08 Å². The first kappa shape index (κ1) is 14.1. The highest BCUT2D eigenvalue weighted by Crippen LogP contribution is 2.24. The van der Waals surface area contributed by atoms with Gasteiger partial charge in [-0.2, -0.15) is 0 Å². The Morgan fingerprint density at radius 1 is 1.53 bits per heavy atom. The van der Waals surface area contributed by atoms with E-state index >= 15 is 0 Å². The van der Waals surface area contributed by atoms with Crippen molar-refractivity contribution < 1.29 is 4.79 Å². The summed E-state index contributed by atoms with van der Waals surface area (Å²) < 4.78 is 0. The van der Waals surface area contributed by atoms with E-state index in [0.717, 1.165) is 30.6 Å². The Bertz CT molecular complexity index is 499. The van der Waals surface area contributed by atoms with Crippen LogP contribution in [-0.4, -0.2) is 30.4 Å². The van der Waals surface area contributed by atoms with E-state index in [1.807, 2.05) is 36.1 Å². The number of hydrogen-bond donors (Lipinski definition) is 1. The third-order valence-electron chi connectivity index (χ3n) is 3.57. The molecule has 1 atom stereocenters. The zero-order valence-corrected chi connectivity index (χ0v) is 11.9. The average Bonchev–Trinajstić information content (AvgIpc) is 2.88. The molecule has 1 fully saturated rings. The first-order valence-corrected chi connectivity index (χ1v) is 6.91.